The van der Waals surface area contributed by atoms with Gasteiger partial charge >= 0.3 is 5.97 Å². The van der Waals surface area contributed by atoms with Crippen LogP contribution in [0.2, 0.25) is 0 Å². The zero-order valence-corrected chi connectivity index (χ0v) is 14.4. The van der Waals surface area contributed by atoms with Gasteiger partial charge in [-0.3, -0.25) is 20.2 Å². The van der Waals surface area contributed by atoms with Crippen LogP contribution in [0.25, 0.3) is 0 Å². The van der Waals surface area contributed by atoms with Crippen molar-refractivity contribution < 1.29 is 19.4 Å². The number of ether oxygens (including phenoxy) is 1. The second-order valence-electron chi connectivity index (χ2n) is 6.67. The lowest BCUT2D eigenvalue weighted by Crippen LogP contribution is -2.42. The van der Waals surface area contributed by atoms with Gasteiger partial charge in [0.15, 0.2) is 0 Å². The van der Waals surface area contributed by atoms with E-state index in [4.69, 9.17) is 4.74 Å². The first-order valence-electron chi connectivity index (χ1n) is 8.01. The summed E-state index contributed by atoms with van der Waals surface area (Å²) < 4.78 is 5.56. The van der Waals surface area contributed by atoms with Crippen molar-refractivity contribution in [2.45, 2.75) is 39.2 Å². The molecule has 2 rings (SSSR count). The maximum atomic E-state index is 12.5. The Bertz CT molecular complexity index is 675. The molecule has 0 aromatic heterocycles. The molecule has 0 atom stereocenters. The van der Waals surface area contributed by atoms with Gasteiger partial charge in [-0.2, -0.15) is 0 Å². The molecule has 0 saturated carbocycles. The molecule has 9 heteroatoms. The molecule has 136 valence electrons. The lowest BCUT2D eigenvalue weighted by Gasteiger charge is -2.36. The van der Waals surface area contributed by atoms with Gasteiger partial charge in [-0.05, 0) is 46.7 Å². The Balaban J connectivity index is 2.32. The molecule has 0 radical (unpaired) electrons. The van der Waals surface area contributed by atoms with Crippen molar-refractivity contribution in [3.8, 4) is 0 Å². The van der Waals surface area contributed by atoms with Crippen molar-refractivity contribution >= 4 is 17.3 Å². The van der Waals surface area contributed by atoms with Gasteiger partial charge in [-0.1, -0.05) is 0 Å². The first-order valence-corrected chi connectivity index (χ1v) is 8.01. The van der Waals surface area contributed by atoms with E-state index in [1.807, 2.05) is 0 Å². The first-order chi connectivity index (χ1) is 11.6. The van der Waals surface area contributed by atoms with E-state index >= 15 is 0 Å². The zero-order chi connectivity index (χ0) is 18.8. The Labute approximate surface area is 144 Å². The molecule has 1 heterocycles. The van der Waals surface area contributed by atoms with E-state index in [0.717, 1.165) is 38.1 Å². The lowest BCUT2D eigenvalue weighted by atomic mass is 9.83. The molecule has 1 N–H and O–H groups in total. The SMILES string of the molecule is Cc1c([N+](=O)[O-])cc(C(=O)OC(C)(C)C2CCNCC2)cc1[N+](=O)[O-]. The summed E-state index contributed by atoms with van der Waals surface area (Å²) >= 11 is 0. The molecule has 0 spiro atoms. The van der Waals surface area contributed by atoms with E-state index in [1.54, 1.807) is 13.8 Å². The Morgan fingerprint density at radius 2 is 1.64 bits per heavy atom. The molecule has 1 aromatic carbocycles. The Hall–Kier alpha value is -2.55. The van der Waals surface area contributed by atoms with Crippen LogP contribution >= 0.6 is 0 Å². The number of hydrogen-bond acceptors (Lipinski definition) is 7. The summed E-state index contributed by atoms with van der Waals surface area (Å²) in [7, 11) is 0. The summed E-state index contributed by atoms with van der Waals surface area (Å²) in [5, 5.41) is 25.5. The third-order valence-electron chi connectivity index (χ3n) is 4.66. The quantitative estimate of drug-likeness (QED) is 0.491. The van der Waals surface area contributed by atoms with Gasteiger partial charge in [0.05, 0.1) is 15.4 Å². The second-order valence-corrected chi connectivity index (χ2v) is 6.67. The largest absolute Gasteiger partial charge is 0.456 e. The van der Waals surface area contributed by atoms with Crippen LogP contribution in [0.15, 0.2) is 12.1 Å². The average molecular weight is 351 g/mol. The maximum absolute atomic E-state index is 12.5. The highest BCUT2D eigenvalue weighted by molar-refractivity contribution is 5.92. The smallest absolute Gasteiger partial charge is 0.339 e. The minimum atomic E-state index is -0.797. The normalized spacial score (nSPS) is 15.6. The van der Waals surface area contributed by atoms with Gasteiger partial charge in [-0.15, -0.1) is 0 Å². The van der Waals surface area contributed by atoms with Gasteiger partial charge in [0.1, 0.15) is 11.2 Å². The highest BCUT2D eigenvalue weighted by Gasteiger charge is 2.35. The van der Waals surface area contributed by atoms with Gasteiger partial charge in [-0.25, -0.2) is 4.79 Å². The molecule has 1 aromatic rings. The number of carbonyl (C=O) groups excluding carboxylic acids is 1. The number of esters is 1. The summed E-state index contributed by atoms with van der Waals surface area (Å²) in [6, 6.07) is 2.06. The first kappa shape index (κ1) is 18.8. The average Bonchev–Trinajstić information content (AvgIpc) is 2.54. The van der Waals surface area contributed by atoms with Crippen LogP contribution in [-0.2, 0) is 4.74 Å². The number of hydrogen-bond donors (Lipinski definition) is 1. The van der Waals surface area contributed by atoms with Gasteiger partial charge in [0.25, 0.3) is 11.4 Å². The Morgan fingerprint density at radius 1 is 1.16 bits per heavy atom. The van der Waals surface area contributed by atoms with Crippen LogP contribution in [0.1, 0.15) is 42.6 Å². The topological polar surface area (TPSA) is 125 Å². The van der Waals surface area contributed by atoms with E-state index in [0.29, 0.717) is 0 Å². The number of nitrogens with zero attached hydrogens (tertiary/aromatic N) is 2. The third-order valence-corrected chi connectivity index (χ3v) is 4.66. The van der Waals surface area contributed by atoms with E-state index in [1.165, 1.54) is 6.92 Å². The van der Waals surface area contributed by atoms with Crippen molar-refractivity contribution in [3.05, 3.63) is 43.5 Å². The lowest BCUT2D eigenvalue weighted by molar-refractivity contribution is -0.395. The van der Waals surface area contributed by atoms with Crippen LogP contribution < -0.4 is 5.32 Å². The second kappa shape index (κ2) is 7.14. The third kappa shape index (κ3) is 4.11. The number of nitrogens with one attached hydrogen (secondary N) is 1. The number of piperidine rings is 1. The van der Waals surface area contributed by atoms with Crippen molar-refractivity contribution in [2.24, 2.45) is 5.92 Å². The number of nitro groups is 2. The van der Waals surface area contributed by atoms with E-state index in [-0.39, 0.29) is 17.0 Å². The Morgan fingerprint density at radius 3 is 2.08 bits per heavy atom. The maximum Gasteiger partial charge on any atom is 0.339 e. The summed E-state index contributed by atoms with van der Waals surface area (Å²) in [4.78, 5) is 33.3. The fourth-order valence-electron chi connectivity index (χ4n) is 3.08. The highest BCUT2D eigenvalue weighted by Crippen LogP contribution is 2.33. The minimum absolute atomic E-state index is 0.0934. The number of carbonyl (C=O) groups is 1. The molecule has 0 amide bonds. The van der Waals surface area contributed by atoms with Crippen molar-refractivity contribution in [1.82, 2.24) is 5.32 Å². The fourth-order valence-corrected chi connectivity index (χ4v) is 3.08. The van der Waals surface area contributed by atoms with Gasteiger partial charge in [0, 0.05) is 18.1 Å². The molecule has 0 bridgehead atoms. The van der Waals surface area contributed by atoms with E-state index in [9.17, 15) is 25.0 Å². The van der Waals surface area contributed by atoms with Gasteiger partial charge < -0.3 is 10.1 Å². The number of rotatable bonds is 5. The van der Waals surface area contributed by atoms with Crippen LogP contribution in [0.4, 0.5) is 11.4 Å². The molecule has 1 aliphatic rings. The molecule has 9 nitrogen and oxygen atoms in total. The monoisotopic (exact) mass is 351 g/mol. The van der Waals surface area contributed by atoms with Crippen LogP contribution in [0, 0.1) is 33.1 Å². The van der Waals surface area contributed by atoms with Crippen molar-refractivity contribution in [1.29, 1.82) is 0 Å². The molecule has 0 aliphatic carbocycles. The number of nitro benzene ring substituents is 2. The summed E-state index contributed by atoms with van der Waals surface area (Å²) in [6.07, 6.45) is 1.68. The predicted octanol–water partition coefficient (Wildman–Crippen LogP) is 2.75. The van der Waals surface area contributed by atoms with E-state index in [2.05, 4.69) is 5.32 Å². The van der Waals surface area contributed by atoms with Crippen LogP contribution in [0.5, 0.6) is 0 Å². The van der Waals surface area contributed by atoms with E-state index < -0.39 is 32.8 Å². The standard InChI is InChI=1S/C16H21N3O6/c1-10-13(18(21)22)8-11(9-14(10)19(23)24)15(20)25-16(2,3)12-4-6-17-7-5-12/h8-9,12,17H,4-7H2,1-3H3. The molecule has 0 unspecified atom stereocenters. The minimum Gasteiger partial charge on any atom is -0.456 e. The molecule has 1 fully saturated rings. The molecule has 1 saturated heterocycles. The van der Waals surface area contributed by atoms with Crippen LogP contribution in [-0.4, -0.2) is 34.5 Å². The molecular weight excluding hydrogens is 330 g/mol. The molecule has 25 heavy (non-hydrogen) atoms. The number of benzene rings is 1. The highest BCUT2D eigenvalue weighted by atomic mass is 16.6. The Kier molecular flexibility index (Phi) is 5.36. The molecule has 1 aliphatic heterocycles. The van der Waals surface area contributed by atoms with Crippen molar-refractivity contribution in [3.63, 3.8) is 0 Å². The predicted molar refractivity (Wildman–Crippen MR) is 89.6 cm³/mol. The zero-order valence-electron chi connectivity index (χ0n) is 14.4. The summed E-state index contributed by atoms with van der Waals surface area (Å²) in [5.41, 5.74) is -2.00. The summed E-state index contributed by atoms with van der Waals surface area (Å²) in [6.45, 7) is 6.51. The van der Waals surface area contributed by atoms with Crippen molar-refractivity contribution in [2.75, 3.05) is 13.1 Å². The molecular formula is C16H21N3O6. The van der Waals surface area contributed by atoms with Gasteiger partial charge in [0.2, 0.25) is 0 Å². The van der Waals surface area contributed by atoms with Crippen LogP contribution in [0.3, 0.4) is 0 Å². The summed E-state index contributed by atoms with van der Waals surface area (Å²) in [5.74, 6) is -0.650. The fraction of sp³-hybridized carbons (Fsp3) is 0.562.